The Morgan fingerprint density at radius 1 is 1.26 bits per heavy atom. The van der Waals surface area contributed by atoms with Gasteiger partial charge in [-0.2, -0.15) is 5.26 Å². The van der Waals surface area contributed by atoms with Crippen molar-refractivity contribution in [3.63, 3.8) is 0 Å². The van der Waals surface area contributed by atoms with Crippen LogP contribution in [-0.2, 0) is 16.1 Å². The number of thiazole rings is 1. The number of hydrogen-bond donors (Lipinski definition) is 1. The van der Waals surface area contributed by atoms with E-state index in [0.717, 1.165) is 0 Å². The number of nitrogens with one attached hydrogen (secondary N) is 1. The number of aromatic nitrogens is 1. The van der Waals surface area contributed by atoms with E-state index in [1.165, 1.54) is 37.7 Å². The molecule has 3 aromatic rings. The van der Waals surface area contributed by atoms with E-state index in [2.05, 4.69) is 15.0 Å². The van der Waals surface area contributed by atoms with Crippen molar-refractivity contribution in [2.45, 2.75) is 6.61 Å². The summed E-state index contributed by atoms with van der Waals surface area (Å²) in [6.07, 6.45) is 2.99. The number of nitrogens with zero attached hydrogens (tertiary/aromatic N) is 2. The van der Waals surface area contributed by atoms with Crippen molar-refractivity contribution in [2.24, 2.45) is 0 Å². The highest BCUT2D eigenvalue weighted by Gasteiger charge is 2.14. The normalized spacial score (nSPS) is 10.8. The molecule has 0 fully saturated rings. The van der Waals surface area contributed by atoms with Gasteiger partial charge in [-0.25, -0.2) is 9.78 Å². The van der Waals surface area contributed by atoms with Crippen molar-refractivity contribution in [3.8, 4) is 17.6 Å². The van der Waals surface area contributed by atoms with Crippen molar-refractivity contribution in [2.75, 3.05) is 19.5 Å². The highest BCUT2D eigenvalue weighted by molar-refractivity contribution is 7.13. The standard InChI is InChI=1S/C21H17N3O6S/c1-27-18-10-13(9-14(11-22)19(25)24-21-23-7-8-31-21)3-5-16(18)29-12-15-4-6-17(30-15)20(26)28-2/h3-10H,12H2,1-2H3,(H,23,24,25)/b14-9+. The maximum atomic E-state index is 12.3. The Hall–Kier alpha value is -4.10. The largest absolute Gasteiger partial charge is 0.493 e. The molecule has 2 aromatic heterocycles. The Morgan fingerprint density at radius 3 is 2.77 bits per heavy atom. The summed E-state index contributed by atoms with van der Waals surface area (Å²) in [6.45, 7) is 0.0577. The Morgan fingerprint density at radius 2 is 2.10 bits per heavy atom. The fourth-order valence-electron chi connectivity index (χ4n) is 2.47. The second-order valence-electron chi connectivity index (χ2n) is 5.92. The van der Waals surface area contributed by atoms with E-state index in [1.54, 1.807) is 35.8 Å². The molecule has 1 N–H and O–H groups in total. The number of furan rings is 1. The number of ether oxygens (including phenoxy) is 3. The van der Waals surface area contributed by atoms with Crippen molar-refractivity contribution >= 4 is 34.4 Å². The second-order valence-corrected chi connectivity index (χ2v) is 6.81. The van der Waals surface area contributed by atoms with Crippen molar-refractivity contribution in [3.05, 3.63) is 64.6 Å². The molecule has 0 saturated heterocycles. The average Bonchev–Trinajstić information content (AvgIpc) is 3.47. The van der Waals surface area contributed by atoms with Gasteiger partial charge in [-0.15, -0.1) is 11.3 Å². The van der Waals surface area contributed by atoms with Crippen LogP contribution in [0.15, 0.2) is 51.9 Å². The molecule has 9 nitrogen and oxygen atoms in total. The molecule has 0 unspecified atom stereocenters. The van der Waals surface area contributed by atoms with Gasteiger partial charge in [0.05, 0.1) is 14.2 Å². The first kappa shape index (κ1) is 21.6. The fourth-order valence-corrected chi connectivity index (χ4v) is 3.00. The van der Waals surface area contributed by atoms with E-state index in [9.17, 15) is 14.9 Å². The topological polar surface area (TPSA) is 124 Å². The van der Waals surface area contributed by atoms with Crippen LogP contribution in [0.25, 0.3) is 6.08 Å². The van der Waals surface area contributed by atoms with E-state index in [1.807, 2.05) is 6.07 Å². The van der Waals surface area contributed by atoms with Crippen LogP contribution in [0, 0.1) is 11.3 Å². The molecule has 0 aliphatic heterocycles. The lowest BCUT2D eigenvalue weighted by atomic mass is 10.1. The lowest BCUT2D eigenvalue weighted by Crippen LogP contribution is -2.13. The van der Waals surface area contributed by atoms with Crippen LogP contribution in [0.5, 0.6) is 11.5 Å². The Balaban J connectivity index is 1.72. The summed E-state index contributed by atoms with van der Waals surface area (Å²) in [5.41, 5.74) is 0.484. The summed E-state index contributed by atoms with van der Waals surface area (Å²) in [7, 11) is 2.74. The molecule has 1 aromatic carbocycles. The molecular weight excluding hydrogens is 422 g/mol. The third-order valence-corrected chi connectivity index (χ3v) is 4.62. The monoisotopic (exact) mass is 439 g/mol. The Bertz CT molecular complexity index is 1140. The first-order valence-electron chi connectivity index (χ1n) is 8.84. The summed E-state index contributed by atoms with van der Waals surface area (Å²) >= 11 is 1.25. The third-order valence-electron chi connectivity index (χ3n) is 3.93. The number of carbonyl (C=O) groups is 2. The quantitative estimate of drug-likeness (QED) is 0.320. The maximum absolute atomic E-state index is 12.3. The van der Waals surface area contributed by atoms with E-state index in [0.29, 0.717) is 28.0 Å². The molecule has 2 heterocycles. The summed E-state index contributed by atoms with van der Waals surface area (Å²) < 4.78 is 21.0. The predicted molar refractivity (Wildman–Crippen MR) is 112 cm³/mol. The lowest BCUT2D eigenvalue weighted by molar-refractivity contribution is -0.112. The van der Waals surface area contributed by atoms with Gasteiger partial charge in [0.1, 0.15) is 24.0 Å². The minimum Gasteiger partial charge on any atom is -0.493 e. The molecule has 0 aliphatic rings. The zero-order valence-electron chi connectivity index (χ0n) is 16.6. The maximum Gasteiger partial charge on any atom is 0.373 e. The number of methoxy groups -OCH3 is 2. The first-order chi connectivity index (χ1) is 15.0. The zero-order chi connectivity index (χ0) is 22.2. The Kier molecular flexibility index (Phi) is 7.03. The number of carbonyl (C=O) groups excluding carboxylic acids is 2. The summed E-state index contributed by atoms with van der Waals surface area (Å²) in [6, 6.07) is 9.93. The smallest absolute Gasteiger partial charge is 0.373 e. The van der Waals surface area contributed by atoms with Crippen LogP contribution in [0.1, 0.15) is 21.9 Å². The summed E-state index contributed by atoms with van der Waals surface area (Å²) in [4.78, 5) is 27.7. The molecule has 158 valence electrons. The number of rotatable bonds is 8. The van der Waals surface area contributed by atoms with Crippen LogP contribution in [0.4, 0.5) is 5.13 Å². The van der Waals surface area contributed by atoms with Gasteiger partial charge < -0.3 is 18.6 Å². The van der Waals surface area contributed by atoms with Gasteiger partial charge in [-0.1, -0.05) is 6.07 Å². The van der Waals surface area contributed by atoms with Gasteiger partial charge in [0.25, 0.3) is 5.91 Å². The zero-order valence-corrected chi connectivity index (χ0v) is 17.4. The number of esters is 1. The molecule has 3 rings (SSSR count). The van der Waals surface area contributed by atoms with Gasteiger partial charge in [0, 0.05) is 11.6 Å². The van der Waals surface area contributed by atoms with Gasteiger partial charge in [0.2, 0.25) is 5.76 Å². The van der Waals surface area contributed by atoms with E-state index < -0.39 is 11.9 Å². The number of hydrogen-bond acceptors (Lipinski definition) is 9. The molecule has 0 saturated carbocycles. The molecule has 0 aliphatic carbocycles. The molecule has 0 radical (unpaired) electrons. The highest BCUT2D eigenvalue weighted by atomic mass is 32.1. The molecule has 31 heavy (non-hydrogen) atoms. The minimum absolute atomic E-state index is 0.0577. The molecule has 1 amide bonds. The molecule has 0 atom stereocenters. The predicted octanol–water partition coefficient (Wildman–Crippen LogP) is 3.66. The second kappa shape index (κ2) is 10.1. The highest BCUT2D eigenvalue weighted by Crippen LogP contribution is 2.30. The number of nitriles is 1. The third kappa shape index (κ3) is 5.49. The van der Waals surface area contributed by atoms with Crippen LogP contribution < -0.4 is 14.8 Å². The van der Waals surface area contributed by atoms with Crippen LogP contribution in [0.2, 0.25) is 0 Å². The number of anilines is 1. The van der Waals surface area contributed by atoms with Gasteiger partial charge in [-0.3, -0.25) is 10.1 Å². The molecule has 0 spiro atoms. The van der Waals surface area contributed by atoms with Crippen molar-refractivity contribution in [1.29, 1.82) is 5.26 Å². The van der Waals surface area contributed by atoms with Crippen LogP contribution in [-0.4, -0.2) is 31.1 Å². The van der Waals surface area contributed by atoms with E-state index in [4.69, 9.17) is 13.9 Å². The van der Waals surface area contributed by atoms with Gasteiger partial charge in [0.15, 0.2) is 16.6 Å². The Labute approximate surface area is 181 Å². The average molecular weight is 439 g/mol. The molecule has 10 heteroatoms. The van der Waals surface area contributed by atoms with Crippen molar-refractivity contribution < 1.29 is 28.2 Å². The van der Waals surface area contributed by atoms with Crippen LogP contribution >= 0.6 is 11.3 Å². The summed E-state index contributed by atoms with van der Waals surface area (Å²) in [5.74, 6) is 0.182. The number of amides is 1. The van der Waals surface area contributed by atoms with Gasteiger partial charge in [-0.05, 0) is 35.9 Å². The van der Waals surface area contributed by atoms with Crippen molar-refractivity contribution in [1.82, 2.24) is 4.98 Å². The number of benzene rings is 1. The lowest BCUT2D eigenvalue weighted by Gasteiger charge is -2.10. The molecule has 0 bridgehead atoms. The SMILES string of the molecule is COC(=O)c1ccc(COc2ccc(/C=C(\C#N)C(=O)Nc3nccs3)cc2OC)o1. The summed E-state index contributed by atoms with van der Waals surface area (Å²) in [5, 5.41) is 14.0. The minimum atomic E-state index is -0.577. The molecular formula is C21H17N3O6S. The van der Waals surface area contributed by atoms with Crippen LogP contribution in [0.3, 0.4) is 0 Å². The van der Waals surface area contributed by atoms with E-state index >= 15 is 0 Å². The first-order valence-corrected chi connectivity index (χ1v) is 9.72. The van der Waals surface area contributed by atoms with Gasteiger partial charge >= 0.3 is 5.97 Å². The van der Waals surface area contributed by atoms with E-state index in [-0.39, 0.29) is 17.9 Å². The fraction of sp³-hybridized carbons (Fsp3) is 0.143.